The first-order valence-electron chi connectivity index (χ1n) is 9.15. The zero-order valence-corrected chi connectivity index (χ0v) is 15.7. The summed E-state index contributed by atoms with van der Waals surface area (Å²) in [6.07, 6.45) is 0.699. The van der Waals surface area contributed by atoms with Crippen LogP contribution < -0.4 is 0 Å². The molecule has 3 aromatic carbocycles. The van der Waals surface area contributed by atoms with Gasteiger partial charge in [0.05, 0.1) is 0 Å². The van der Waals surface area contributed by atoms with Crippen molar-refractivity contribution < 1.29 is 14.7 Å². The highest BCUT2D eigenvalue weighted by Crippen LogP contribution is 2.50. The van der Waals surface area contributed by atoms with Crippen LogP contribution in [0.2, 0.25) is 0 Å². The first-order valence-corrected chi connectivity index (χ1v) is 9.15. The van der Waals surface area contributed by atoms with Crippen LogP contribution in [0.25, 0.3) is 0 Å². The van der Waals surface area contributed by atoms with Crippen molar-refractivity contribution in [3.8, 4) is 0 Å². The average molecular weight is 360 g/mol. The smallest absolute Gasteiger partial charge is 0.402 e. The van der Waals surface area contributed by atoms with Crippen molar-refractivity contribution in [3.63, 3.8) is 0 Å². The molecule has 0 bridgehead atoms. The van der Waals surface area contributed by atoms with E-state index in [1.807, 2.05) is 78.9 Å². The molecule has 138 valence electrons. The predicted octanol–water partition coefficient (Wildman–Crippen LogP) is 4.19. The van der Waals surface area contributed by atoms with E-state index in [1.165, 1.54) is 0 Å². The lowest BCUT2D eigenvalue weighted by Gasteiger charge is -2.48. The third-order valence-electron chi connectivity index (χ3n) is 5.08. The Balaban J connectivity index is 2.21. The zero-order chi connectivity index (χ0) is 19.3. The van der Waals surface area contributed by atoms with Crippen LogP contribution in [0, 0.1) is 5.41 Å². The summed E-state index contributed by atoms with van der Waals surface area (Å²) in [6.45, 7) is 4.20. The van der Waals surface area contributed by atoms with Gasteiger partial charge in [-0.2, -0.15) is 0 Å². The number of benzene rings is 3. The maximum Gasteiger partial charge on any atom is 0.634 e. The van der Waals surface area contributed by atoms with Crippen molar-refractivity contribution in [1.82, 2.24) is 0 Å². The second-order valence-corrected chi connectivity index (χ2v) is 7.40. The summed E-state index contributed by atoms with van der Waals surface area (Å²) in [4.78, 5) is 0. The molecule has 3 aromatic rings. The Morgan fingerprint density at radius 3 is 1.52 bits per heavy atom. The van der Waals surface area contributed by atoms with E-state index in [-0.39, 0.29) is 0 Å². The van der Waals surface area contributed by atoms with Gasteiger partial charge in [0.15, 0.2) is 0 Å². The molecule has 0 aliphatic heterocycles. The maximum absolute atomic E-state index is 9.87. The fourth-order valence-electron chi connectivity index (χ4n) is 3.98. The van der Waals surface area contributed by atoms with Crippen molar-refractivity contribution in [1.29, 1.82) is 0 Å². The minimum Gasteiger partial charge on any atom is -0.402 e. The van der Waals surface area contributed by atoms with Gasteiger partial charge in [-0.1, -0.05) is 105 Å². The van der Waals surface area contributed by atoms with Gasteiger partial charge in [-0.05, 0) is 23.1 Å². The average Bonchev–Trinajstić information content (AvgIpc) is 2.67. The topological polar surface area (TPSA) is 49.7 Å². The quantitative estimate of drug-likeness (QED) is 0.622. The third-order valence-corrected chi connectivity index (χ3v) is 5.08. The van der Waals surface area contributed by atoms with Gasteiger partial charge < -0.3 is 14.7 Å². The predicted molar refractivity (Wildman–Crippen MR) is 109 cm³/mol. The van der Waals surface area contributed by atoms with Gasteiger partial charge in [-0.15, -0.1) is 0 Å². The van der Waals surface area contributed by atoms with Crippen LogP contribution in [-0.2, 0) is 16.7 Å². The zero-order valence-electron chi connectivity index (χ0n) is 15.7. The van der Waals surface area contributed by atoms with Crippen molar-refractivity contribution in [2.24, 2.45) is 5.41 Å². The monoisotopic (exact) mass is 360 g/mol. The summed E-state index contributed by atoms with van der Waals surface area (Å²) in [5, 5.41) is 19.7. The fraction of sp³-hybridized carbons (Fsp3) is 0.217. The molecule has 0 aliphatic carbocycles. The summed E-state index contributed by atoms with van der Waals surface area (Å²) < 4.78 is 5.96. The van der Waals surface area contributed by atoms with Gasteiger partial charge in [0.2, 0.25) is 0 Å². The molecule has 0 spiro atoms. The molecule has 0 saturated carbocycles. The largest absolute Gasteiger partial charge is 0.634 e. The van der Waals surface area contributed by atoms with Gasteiger partial charge in [-0.25, -0.2) is 0 Å². The first-order chi connectivity index (χ1) is 13.0. The van der Waals surface area contributed by atoms with Crippen molar-refractivity contribution in [2.75, 3.05) is 0 Å². The van der Waals surface area contributed by atoms with Crippen LogP contribution in [0.4, 0.5) is 0 Å². The van der Waals surface area contributed by atoms with E-state index in [9.17, 15) is 10.0 Å². The highest BCUT2D eigenvalue weighted by atomic mass is 16.6. The molecule has 0 fully saturated rings. The summed E-state index contributed by atoms with van der Waals surface area (Å²) in [7, 11) is -1.90. The Bertz CT molecular complexity index is 794. The van der Waals surface area contributed by atoms with E-state index >= 15 is 0 Å². The molecule has 2 N–H and O–H groups in total. The minimum absolute atomic E-state index is 0.485. The molecule has 0 aliphatic rings. The van der Waals surface area contributed by atoms with Gasteiger partial charge in [0.1, 0.15) is 5.60 Å². The van der Waals surface area contributed by atoms with E-state index in [1.54, 1.807) is 0 Å². The summed E-state index contributed by atoms with van der Waals surface area (Å²) in [5.41, 5.74) is 1.39. The van der Waals surface area contributed by atoms with Crippen LogP contribution in [0.1, 0.15) is 30.5 Å². The normalized spacial score (nSPS) is 12.0. The Morgan fingerprint density at radius 2 is 1.11 bits per heavy atom. The molecule has 0 radical (unpaired) electrons. The van der Waals surface area contributed by atoms with E-state index < -0.39 is 18.3 Å². The lowest BCUT2D eigenvalue weighted by atomic mass is 9.63. The standard InChI is InChI=1S/C23H25BO3/c1-22(2,18-19-12-6-3-7-13-19)23(27-24(25)26,20-14-8-4-9-15-20)21-16-10-5-11-17-21/h3-17,25-26H,18H2,1-2H3. The summed E-state index contributed by atoms with van der Waals surface area (Å²) in [6, 6.07) is 29.7. The highest BCUT2D eigenvalue weighted by molar-refractivity contribution is 6.32. The Kier molecular flexibility index (Phi) is 5.81. The van der Waals surface area contributed by atoms with Crippen molar-refractivity contribution in [3.05, 3.63) is 108 Å². The molecule has 0 unspecified atom stereocenters. The molecular weight excluding hydrogens is 335 g/mol. The molecule has 0 heterocycles. The Labute approximate surface area is 161 Å². The van der Waals surface area contributed by atoms with E-state index in [2.05, 4.69) is 26.0 Å². The van der Waals surface area contributed by atoms with Crippen molar-refractivity contribution >= 4 is 7.32 Å². The second kappa shape index (κ2) is 8.09. The fourth-order valence-corrected chi connectivity index (χ4v) is 3.98. The Hall–Kier alpha value is -2.40. The van der Waals surface area contributed by atoms with Crippen LogP contribution in [0.3, 0.4) is 0 Å². The molecule has 0 amide bonds. The molecule has 27 heavy (non-hydrogen) atoms. The van der Waals surface area contributed by atoms with Crippen molar-refractivity contribution in [2.45, 2.75) is 25.9 Å². The van der Waals surface area contributed by atoms with E-state index in [0.717, 1.165) is 16.7 Å². The molecule has 0 atom stereocenters. The van der Waals surface area contributed by atoms with Gasteiger partial charge in [-0.3, -0.25) is 0 Å². The minimum atomic E-state index is -1.90. The summed E-state index contributed by atoms with van der Waals surface area (Å²) in [5.74, 6) is 0. The number of rotatable bonds is 7. The van der Waals surface area contributed by atoms with Gasteiger partial charge in [0.25, 0.3) is 0 Å². The summed E-state index contributed by atoms with van der Waals surface area (Å²) >= 11 is 0. The molecule has 3 rings (SSSR count). The van der Waals surface area contributed by atoms with Crippen LogP contribution in [0.15, 0.2) is 91.0 Å². The lowest BCUT2D eigenvalue weighted by molar-refractivity contribution is -0.0456. The second-order valence-electron chi connectivity index (χ2n) is 7.40. The van der Waals surface area contributed by atoms with Gasteiger partial charge in [0, 0.05) is 5.41 Å². The molecular formula is C23H25BO3. The van der Waals surface area contributed by atoms with Crippen LogP contribution >= 0.6 is 0 Å². The Morgan fingerprint density at radius 1 is 0.704 bits per heavy atom. The maximum atomic E-state index is 9.87. The van der Waals surface area contributed by atoms with E-state index in [0.29, 0.717) is 6.42 Å². The molecule has 0 saturated heterocycles. The van der Waals surface area contributed by atoms with Crippen LogP contribution in [-0.4, -0.2) is 17.4 Å². The SMILES string of the molecule is CC(C)(Cc1ccccc1)C(OB(O)O)(c1ccccc1)c1ccccc1. The van der Waals surface area contributed by atoms with Gasteiger partial charge >= 0.3 is 7.32 Å². The molecule has 0 aromatic heterocycles. The highest BCUT2D eigenvalue weighted by Gasteiger charge is 2.50. The van der Waals surface area contributed by atoms with Crippen LogP contribution in [0.5, 0.6) is 0 Å². The molecule has 4 heteroatoms. The number of hydrogen-bond acceptors (Lipinski definition) is 3. The lowest BCUT2D eigenvalue weighted by Crippen LogP contribution is -2.50. The third kappa shape index (κ3) is 3.98. The first kappa shape index (κ1) is 19.4. The van der Waals surface area contributed by atoms with E-state index in [4.69, 9.17) is 4.65 Å². The number of hydrogen-bond donors (Lipinski definition) is 2. The molecule has 3 nitrogen and oxygen atoms in total.